The van der Waals surface area contributed by atoms with Gasteiger partial charge in [-0.25, -0.2) is 0 Å². The van der Waals surface area contributed by atoms with Crippen molar-refractivity contribution in [3.63, 3.8) is 0 Å². The number of para-hydroxylation sites is 1. The predicted octanol–water partition coefficient (Wildman–Crippen LogP) is 2.88. The number of amides is 1. The molecule has 19 heavy (non-hydrogen) atoms. The van der Waals surface area contributed by atoms with Crippen LogP contribution in [0, 0.1) is 12.8 Å². The van der Waals surface area contributed by atoms with Crippen LogP contribution in [0.4, 0.5) is 5.69 Å². The Morgan fingerprint density at radius 3 is 2.95 bits per heavy atom. The first-order chi connectivity index (χ1) is 9.13. The molecule has 104 valence electrons. The van der Waals surface area contributed by atoms with Crippen LogP contribution in [0.15, 0.2) is 18.2 Å². The number of piperidine rings is 1. The van der Waals surface area contributed by atoms with Gasteiger partial charge in [0.1, 0.15) is 0 Å². The highest BCUT2D eigenvalue weighted by Crippen LogP contribution is 2.24. The van der Waals surface area contributed by atoms with Gasteiger partial charge in [0.15, 0.2) is 0 Å². The molecule has 1 aromatic carbocycles. The van der Waals surface area contributed by atoms with Crippen LogP contribution in [0.5, 0.6) is 0 Å². The molecule has 1 aliphatic heterocycles. The molecule has 0 aromatic heterocycles. The molecule has 1 aromatic rings. The summed E-state index contributed by atoms with van der Waals surface area (Å²) in [5.41, 5.74) is 3.36. The van der Waals surface area contributed by atoms with Crippen molar-refractivity contribution >= 4 is 11.6 Å². The molecule has 2 atom stereocenters. The summed E-state index contributed by atoms with van der Waals surface area (Å²) in [6.07, 6.45) is 3.00. The third-order valence-electron chi connectivity index (χ3n) is 4.09. The Labute approximate surface area is 115 Å². The number of nitrogens with one attached hydrogen (secondary N) is 2. The van der Waals surface area contributed by atoms with Gasteiger partial charge >= 0.3 is 0 Å². The number of anilines is 1. The Morgan fingerprint density at radius 2 is 2.26 bits per heavy atom. The number of rotatable bonds is 3. The van der Waals surface area contributed by atoms with Gasteiger partial charge in [-0.1, -0.05) is 25.1 Å². The predicted molar refractivity (Wildman–Crippen MR) is 79.4 cm³/mol. The molecule has 3 heteroatoms. The maximum Gasteiger partial charge on any atom is 0.229 e. The SMILES string of the molecule is CCc1cccc(C)c1NC(=O)C1CCCNC1C. The minimum Gasteiger partial charge on any atom is -0.325 e. The molecular weight excluding hydrogens is 236 g/mol. The van der Waals surface area contributed by atoms with E-state index in [2.05, 4.69) is 49.6 Å². The molecule has 2 N–H and O–H groups in total. The second kappa shape index (κ2) is 6.20. The number of hydrogen-bond donors (Lipinski definition) is 2. The maximum atomic E-state index is 12.4. The lowest BCUT2D eigenvalue weighted by molar-refractivity contribution is -0.121. The third kappa shape index (κ3) is 3.16. The second-order valence-corrected chi connectivity index (χ2v) is 5.44. The van der Waals surface area contributed by atoms with Gasteiger partial charge in [0.25, 0.3) is 0 Å². The van der Waals surface area contributed by atoms with Crippen LogP contribution in [0.3, 0.4) is 0 Å². The van der Waals surface area contributed by atoms with Gasteiger partial charge in [0, 0.05) is 11.7 Å². The van der Waals surface area contributed by atoms with Crippen molar-refractivity contribution in [1.82, 2.24) is 5.32 Å². The van der Waals surface area contributed by atoms with Crippen molar-refractivity contribution in [3.8, 4) is 0 Å². The molecule has 1 heterocycles. The van der Waals surface area contributed by atoms with Crippen LogP contribution in [0.25, 0.3) is 0 Å². The molecule has 1 saturated heterocycles. The fourth-order valence-corrected chi connectivity index (χ4v) is 2.82. The average Bonchev–Trinajstić information content (AvgIpc) is 2.41. The lowest BCUT2D eigenvalue weighted by Gasteiger charge is -2.29. The van der Waals surface area contributed by atoms with E-state index in [0.29, 0.717) is 0 Å². The van der Waals surface area contributed by atoms with Crippen molar-refractivity contribution in [1.29, 1.82) is 0 Å². The largest absolute Gasteiger partial charge is 0.325 e. The zero-order valence-corrected chi connectivity index (χ0v) is 12.1. The van der Waals surface area contributed by atoms with Crippen molar-refractivity contribution in [2.45, 2.75) is 46.1 Å². The molecule has 1 amide bonds. The number of carbonyl (C=O) groups excluding carboxylic acids is 1. The Balaban J connectivity index is 2.14. The van der Waals surface area contributed by atoms with Crippen molar-refractivity contribution in [3.05, 3.63) is 29.3 Å². The molecule has 0 radical (unpaired) electrons. The van der Waals surface area contributed by atoms with Crippen molar-refractivity contribution in [2.75, 3.05) is 11.9 Å². The fourth-order valence-electron chi connectivity index (χ4n) is 2.82. The number of aryl methyl sites for hydroxylation is 2. The first-order valence-corrected chi connectivity index (χ1v) is 7.26. The van der Waals surface area contributed by atoms with Crippen LogP contribution in [-0.2, 0) is 11.2 Å². The van der Waals surface area contributed by atoms with Gasteiger partial charge in [-0.3, -0.25) is 4.79 Å². The summed E-state index contributed by atoms with van der Waals surface area (Å²) in [6.45, 7) is 7.30. The zero-order chi connectivity index (χ0) is 13.8. The van der Waals surface area contributed by atoms with Gasteiger partial charge in [0.05, 0.1) is 5.92 Å². The number of benzene rings is 1. The van der Waals surface area contributed by atoms with E-state index in [4.69, 9.17) is 0 Å². The highest BCUT2D eigenvalue weighted by molar-refractivity contribution is 5.94. The van der Waals surface area contributed by atoms with Crippen LogP contribution < -0.4 is 10.6 Å². The normalized spacial score (nSPS) is 23.1. The third-order valence-corrected chi connectivity index (χ3v) is 4.09. The summed E-state index contributed by atoms with van der Waals surface area (Å²) in [7, 11) is 0. The van der Waals surface area contributed by atoms with Crippen LogP contribution in [-0.4, -0.2) is 18.5 Å². The zero-order valence-electron chi connectivity index (χ0n) is 12.1. The summed E-state index contributed by atoms with van der Waals surface area (Å²) in [5, 5.41) is 6.53. The smallest absolute Gasteiger partial charge is 0.229 e. The maximum absolute atomic E-state index is 12.4. The standard InChI is InChI=1S/C16H24N2O/c1-4-13-8-5-7-11(2)15(13)18-16(19)14-9-6-10-17-12(14)3/h5,7-8,12,14,17H,4,6,9-10H2,1-3H3,(H,18,19). The molecule has 0 aliphatic carbocycles. The molecule has 3 nitrogen and oxygen atoms in total. The molecular formula is C16H24N2O. The van der Waals surface area contributed by atoms with E-state index in [1.54, 1.807) is 0 Å². The number of carbonyl (C=O) groups is 1. The Bertz CT molecular complexity index is 456. The lowest BCUT2D eigenvalue weighted by atomic mass is 9.91. The highest BCUT2D eigenvalue weighted by atomic mass is 16.1. The van der Waals surface area contributed by atoms with E-state index in [0.717, 1.165) is 37.1 Å². The van der Waals surface area contributed by atoms with Gasteiger partial charge in [-0.15, -0.1) is 0 Å². The lowest BCUT2D eigenvalue weighted by Crippen LogP contribution is -2.44. The van der Waals surface area contributed by atoms with Gasteiger partial charge in [-0.2, -0.15) is 0 Å². The molecule has 2 unspecified atom stereocenters. The van der Waals surface area contributed by atoms with Gasteiger partial charge in [0.2, 0.25) is 5.91 Å². The molecule has 1 aliphatic rings. The van der Waals surface area contributed by atoms with Crippen molar-refractivity contribution < 1.29 is 4.79 Å². The van der Waals surface area contributed by atoms with E-state index in [9.17, 15) is 4.79 Å². The Kier molecular flexibility index (Phi) is 4.59. The summed E-state index contributed by atoms with van der Waals surface area (Å²) >= 11 is 0. The summed E-state index contributed by atoms with van der Waals surface area (Å²) in [5.74, 6) is 0.238. The number of hydrogen-bond acceptors (Lipinski definition) is 2. The van der Waals surface area contributed by atoms with E-state index in [1.807, 2.05) is 0 Å². The topological polar surface area (TPSA) is 41.1 Å². The van der Waals surface area contributed by atoms with Gasteiger partial charge in [-0.05, 0) is 50.8 Å². The fraction of sp³-hybridized carbons (Fsp3) is 0.562. The van der Waals surface area contributed by atoms with E-state index >= 15 is 0 Å². The first kappa shape index (κ1) is 14.1. The molecule has 0 saturated carbocycles. The average molecular weight is 260 g/mol. The minimum atomic E-state index is 0.0815. The van der Waals surface area contributed by atoms with Crippen LogP contribution >= 0.6 is 0 Å². The van der Waals surface area contributed by atoms with Crippen LogP contribution in [0.1, 0.15) is 37.8 Å². The molecule has 1 fully saturated rings. The van der Waals surface area contributed by atoms with Crippen LogP contribution in [0.2, 0.25) is 0 Å². The highest BCUT2D eigenvalue weighted by Gasteiger charge is 2.27. The summed E-state index contributed by atoms with van der Waals surface area (Å²) in [4.78, 5) is 12.4. The Hall–Kier alpha value is -1.35. The Morgan fingerprint density at radius 1 is 1.47 bits per heavy atom. The van der Waals surface area contributed by atoms with E-state index in [-0.39, 0.29) is 17.9 Å². The van der Waals surface area contributed by atoms with E-state index in [1.165, 1.54) is 5.56 Å². The van der Waals surface area contributed by atoms with Crippen molar-refractivity contribution in [2.24, 2.45) is 5.92 Å². The summed E-state index contributed by atoms with van der Waals surface area (Å²) < 4.78 is 0. The van der Waals surface area contributed by atoms with Gasteiger partial charge < -0.3 is 10.6 Å². The summed E-state index contributed by atoms with van der Waals surface area (Å²) in [6, 6.07) is 6.46. The molecule has 0 spiro atoms. The van der Waals surface area contributed by atoms with E-state index < -0.39 is 0 Å². The quantitative estimate of drug-likeness (QED) is 0.877. The second-order valence-electron chi connectivity index (χ2n) is 5.44. The minimum absolute atomic E-state index is 0.0815. The molecule has 0 bridgehead atoms. The monoisotopic (exact) mass is 260 g/mol. The first-order valence-electron chi connectivity index (χ1n) is 7.26. The molecule has 2 rings (SSSR count).